The zero-order valence-electron chi connectivity index (χ0n) is 9.20. The first-order valence-electron chi connectivity index (χ1n) is 5.19. The van der Waals surface area contributed by atoms with Crippen LogP contribution in [0, 0.1) is 0 Å². The molecule has 1 atom stereocenters. The van der Waals surface area contributed by atoms with Crippen molar-refractivity contribution in [1.82, 2.24) is 4.90 Å². The highest BCUT2D eigenvalue weighted by molar-refractivity contribution is 4.65. The monoisotopic (exact) mass is 203 g/mol. The molecule has 1 fully saturated rings. The van der Waals surface area contributed by atoms with E-state index < -0.39 is 0 Å². The molecule has 0 aliphatic carbocycles. The Hall–Kier alpha value is -0.160. The molecule has 0 N–H and O–H groups in total. The van der Waals surface area contributed by atoms with Crippen LogP contribution < -0.4 is 0 Å². The van der Waals surface area contributed by atoms with Gasteiger partial charge in [-0.05, 0) is 13.5 Å². The van der Waals surface area contributed by atoms with Crippen LogP contribution in [0.3, 0.4) is 0 Å². The van der Waals surface area contributed by atoms with Gasteiger partial charge in [-0.2, -0.15) is 0 Å². The van der Waals surface area contributed by atoms with Crippen molar-refractivity contribution < 1.29 is 14.2 Å². The van der Waals surface area contributed by atoms with E-state index in [-0.39, 0.29) is 6.10 Å². The highest BCUT2D eigenvalue weighted by Crippen LogP contribution is 2.05. The number of likely N-dealkylation sites (N-methyl/N-ethyl adjacent to an activating group) is 1. The Morgan fingerprint density at radius 1 is 1.36 bits per heavy atom. The van der Waals surface area contributed by atoms with Gasteiger partial charge in [-0.15, -0.1) is 0 Å². The molecule has 14 heavy (non-hydrogen) atoms. The van der Waals surface area contributed by atoms with Crippen molar-refractivity contribution in [2.75, 3.05) is 53.7 Å². The fourth-order valence-electron chi connectivity index (χ4n) is 1.42. The summed E-state index contributed by atoms with van der Waals surface area (Å²) < 4.78 is 16.0. The molecule has 4 nitrogen and oxygen atoms in total. The first-order chi connectivity index (χ1) is 6.83. The molecule has 84 valence electrons. The van der Waals surface area contributed by atoms with Gasteiger partial charge < -0.3 is 19.1 Å². The fourth-order valence-corrected chi connectivity index (χ4v) is 1.42. The van der Waals surface area contributed by atoms with Crippen LogP contribution >= 0.6 is 0 Å². The number of hydrogen-bond donors (Lipinski definition) is 0. The van der Waals surface area contributed by atoms with E-state index in [1.54, 1.807) is 7.11 Å². The minimum atomic E-state index is 0.261. The van der Waals surface area contributed by atoms with E-state index in [0.717, 1.165) is 26.1 Å². The van der Waals surface area contributed by atoms with Crippen LogP contribution in [0.25, 0.3) is 0 Å². The van der Waals surface area contributed by atoms with Gasteiger partial charge >= 0.3 is 0 Å². The van der Waals surface area contributed by atoms with Crippen LogP contribution in [-0.2, 0) is 14.2 Å². The topological polar surface area (TPSA) is 30.9 Å². The third-order valence-corrected chi connectivity index (χ3v) is 2.39. The average molecular weight is 203 g/mol. The molecule has 1 rings (SSSR count). The lowest BCUT2D eigenvalue weighted by molar-refractivity contribution is -0.0219. The van der Waals surface area contributed by atoms with Gasteiger partial charge in [-0.3, -0.25) is 0 Å². The summed E-state index contributed by atoms with van der Waals surface area (Å²) in [4.78, 5) is 2.29. The minimum absolute atomic E-state index is 0.261. The van der Waals surface area contributed by atoms with Gasteiger partial charge in [-0.25, -0.2) is 0 Å². The molecule has 0 aromatic heterocycles. The second-order valence-electron chi connectivity index (χ2n) is 3.65. The summed E-state index contributed by atoms with van der Waals surface area (Å²) >= 11 is 0. The molecule has 4 heteroatoms. The number of ether oxygens (including phenoxy) is 3. The van der Waals surface area contributed by atoms with Gasteiger partial charge in [0, 0.05) is 20.2 Å². The number of hydrogen-bond acceptors (Lipinski definition) is 4. The summed E-state index contributed by atoms with van der Waals surface area (Å²) in [5, 5.41) is 0. The van der Waals surface area contributed by atoms with E-state index >= 15 is 0 Å². The molecule has 0 radical (unpaired) electrons. The molecule has 0 spiro atoms. The molecule has 0 saturated carbocycles. The summed E-state index contributed by atoms with van der Waals surface area (Å²) in [7, 11) is 3.80. The maximum atomic E-state index is 5.65. The molecule has 0 aromatic rings. The van der Waals surface area contributed by atoms with E-state index in [9.17, 15) is 0 Å². The maximum Gasteiger partial charge on any atom is 0.0821 e. The smallest absolute Gasteiger partial charge is 0.0821 e. The molecule has 1 aliphatic heterocycles. The van der Waals surface area contributed by atoms with E-state index in [1.165, 1.54) is 0 Å². The minimum Gasteiger partial charge on any atom is -0.382 e. The second kappa shape index (κ2) is 7.17. The Bertz CT molecular complexity index is 143. The van der Waals surface area contributed by atoms with Crippen LogP contribution in [0.2, 0.25) is 0 Å². The van der Waals surface area contributed by atoms with Crippen LogP contribution in [0.1, 0.15) is 6.42 Å². The second-order valence-corrected chi connectivity index (χ2v) is 3.65. The van der Waals surface area contributed by atoms with Gasteiger partial charge in [0.2, 0.25) is 0 Å². The Kier molecular flexibility index (Phi) is 6.10. The quantitative estimate of drug-likeness (QED) is 0.604. The van der Waals surface area contributed by atoms with E-state index in [0.29, 0.717) is 19.8 Å². The molecule has 0 aromatic carbocycles. The van der Waals surface area contributed by atoms with E-state index in [2.05, 4.69) is 11.9 Å². The highest BCUT2D eigenvalue weighted by atomic mass is 16.5. The third-order valence-electron chi connectivity index (χ3n) is 2.39. The first-order valence-corrected chi connectivity index (χ1v) is 5.19. The lowest BCUT2D eigenvalue weighted by Gasteiger charge is -2.14. The maximum absolute atomic E-state index is 5.65. The van der Waals surface area contributed by atoms with Crippen molar-refractivity contribution in [3.05, 3.63) is 0 Å². The molecule has 1 unspecified atom stereocenters. The fraction of sp³-hybridized carbons (Fsp3) is 1.00. The van der Waals surface area contributed by atoms with Crippen LogP contribution in [0.4, 0.5) is 0 Å². The lowest BCUT2D eigenvalue weighted by atomic mass is 10.2. The van der Waals surface area contributed by atoms with Crippen LogP contribution in [0.5, 0.6) is 0 Å². The predicted octanol–water partition coefficient (Wildman–Crippen LogP) is 0.370. The van der Waals surface area contributed by atoms with Gasteiger partial charge in [0.25, 0.3) is 0 Å². The van der Waals surface area contributed by atoms with E-state index in [4.69, 9.17) is 14.2 Å². The first kappa shape index (κ1) is 11.9. The Morgan fingerprint density at radius 2 is 2.21 bits per heavy atom. The summed E-state index contributed by atoms with van der Waals surface area (Å²) in [6, 6.07) is 0. The molecule has 0 bridgehead atoms. The third kappa shape index (κ3) is 4.91. The number of rotatable bonds is 5. The summed E-state index contributed by atoms with van der Waals surface area (Å²) in [6.07, 6.45) is 1.32. The van der Waals surface area contributed by atoms with Crippen molar-refractivity contribution in [1.29, 1.82) is 0 Å². The van der Waals surface area contributed by atoms with Gasteiger partial charge in [0.15, 0.2) is 0 Å². The number of nitrogens with zero attached hydrogens (tertiary/aromatic N) is 1. The van der Waals surface area contributed by atoms with Crippen molar-refractivity contribution in [3.8, 4) is 0 Å². The van der Waals surface area contributed by atoms with Gasteiger partial charge in [-0.1, -0.05) is 0 Å². The predicted molar refractivity (Wildman–Crippen MR) is 54.5 cm³/mol. The van der Waals surface area contributed by atoms with Crippen LogP contribution in [-0.4, -0.2) is 64.7 Å². The molecule has 1 aliphatic rings. The Morgan fingerprint density at radius 3 is 3.00 bits per heavy atom. The zero-order chi connectivity index (χ0) is 10.2. The van der Waals surface area contributed by atoms with Crippen molar-refractivity contribution >= 4 is 0 Å². The Labute approximate surface area is 86.1 Å². The average Bonchev–Trinajstić information content (AvgIpc) is 2.38. The summed E-state index contributed by atoms with van der Waals surface area (Å²) in [6.45, 7) is 4.94. The normalized spacial score (nSPS) is 24.9. The molecular formula is C10H21NO3. The lowest BCUT2D eigenvalue weighted by Crippen LogP contribution is -2.22. The van der Waals surface area contributed by atoms with Crippen LogP contribution in [0.15, 0.2) is 0 Å². The molecule has 1 heterocycles. The Balaban J connectivity index is 2.05. The van der Waals surface area contributed by atoms with Crippen molar-refractivity contribution in [2.45, 2.75) is 12.5 Å². The largest absolute Gasteiger partial charge is 0.382 e. The van der Waals surface area contributed by atoms with Gasteiger partial charge in [0.1, 0.15) is 0 Å². The SMILES string of the molecule is COCCOCC1CCN(C)CCO1. The molecule has 0 amide bonds. The zero-order valence-corrected chi connectivity index (χ0v) is 9.20. The molecular weight excluding hydrogens is 182 g/mol. The van der Waals surface area contributed by atoms with Crippen molar-refractivity contribution in [3.63, 3.8) is 0 Å². The summed E-state index contributed by atoms with van der Waals surface area (Å²) in [5.74, 6) is 0. The summed E-state index contributed by atoms with van der Waals surface area (Å²) in [5.41, 5.74) is 0. The highest BCUT2D eigenvalue weighted by Gasteiger charge is 2.14. The molecule has 1 saturated heterocycles. The van der Waals surface area contributed by atoms with E-state index in [1.807, 2.05) is 0 Å². The number of methoxy groups -OCH3 is 1. The van der Waals surface area contributed by atoms with Crippen molar-refractivity contribution in [2.24, 2.45) is 0 Å². The van der Waals surface area contributed by atoms with Gasteiger partial charge in [0.05, 0.1) is 32.5 Å². The standard InChI is InChI=1S/C10H21NO3/c1-11-4-3-10(14-6-5-11)9-13-8-7-12-2/h10H,3-9H2,1-2H3.